The molecule has 0 aliphatic carbocycles. The molecule has 0 saturated carbocycles. The van der Waals surface area contributed by atoms with Crippen LogP contribution in [0.2, 0.25) is 0 Å². The topological polar surface area (TPSA) is 83.6 Å². The van der Waals surface area contributed by atoms with Gasteiger partial charge in [0.05, 0.1) is 17.8 Å². The summed E-state index contributed by atoms with van der Waals surface area (Å²) in [7, 11) is 0. The summed E-state index contributed by atoms with van der Waals surface area (Å²) in [5.41, 5.74) is 7.18. The van der Waals surface area contributed by atoms with Gasteiger partial charge < -0.3 is 10.8 Å². The Labute approximate surface area is 130 Å². The van der Waals surface area contributed by atoms with Crippen molar-refractivity contribution in [3.05, 3.63) is 58.6 Å². The highest BCUT2D eigenvalue weighted by Crippen LogP contribution is 2.32. The number of carboxylic acids is 1. The highest BCUT2D eigenvalue weighted by molar-refractivity contribution is 9.10. The maximum atomic E-state index is 11.8. The third kappa shape index (κ3) is 3.61. The molecule has 5 nitrogen and oxygen atoms in total. The molecule has 0 spiro atoms. The molecule has 0 saturated heterocycles. The number of nitrogens with two attached hydrogens (primary N) is 1. The summed E-state index contributed by atoms with van der Waals surface area (Å²) in [5, 5.41) is 8.85. The van der Waals surface area contributed by atoms with E-state index in [1.165, 1.54) is 4.90 Å². The molecular formula is C15H13BrN2O3. The van der Waals surface area contributed by atoms with Crippen LogP contribution in [0.15, 0.2) is 53.0 Å². The molecule has 0 aromatic heterocycles. The smallest absolute Gasteiger partial charge is 0.323 e. The first-order valence-corrected chi connectivity index (χ1v) is 6.93. The van der Waals surface area contributed by atoms with Gasteiger partial charge in [-0.3, -0.25) is 9.69 Å². The number of primary amides is 1. The quantitative estimate of drug-likeness (QED) is 0.888. The maximum Gasteiger partial charge on any atom is 0.323 e. The zero-order valence-electron chi connectivity index (χ0n) is 11.0. The SMILES string of the molecule is NC(=O)N(c1cccc(CC(=O)O)c1)c1ccccc1Br. The fraction of sp³-hybridized carbons (Fsp3) is 0.0667. The minimum Gasteiger partial charge on any atom is -0.481 e. The number of hydrogen-bond acceptors (Lipinski definition) is 2. The number of benzene rings is 2. The van der Waals surface area contributed by atoms with E-state index in [9.17, 15) is 9.59 Å². The van der Waals surface area contributed by atoms with Gasteiger partial charge in [-0.1, -0.05) is 24.3 Å². The second-order valence-electron chi connectivity index (χ2n) is 4.37. The lowest BCUT2D eigenvalue weighted by molar-refractivity contribution is -0.136. The third-order valence-electron chi connectivity index (χ3n) is 2.84. The van der Waals surface area contributed by atoms with Crippen LogP contribution >= 0.6 is 15.9 Å². The summed E-state index contributed by atoms with van der Waals surface area (Å²) in [6.45, 7) is 0. The van der Waals surface area contributed by atoms with Gasteiger partial charge in [0.2, 0.25) is 0 Å². The van der Waals surface area contributed by atoms with Crippen LogP contribution in [-0.4, -0.2) is 17.1 Å². The van der Waals surface area contributed by atoms with E-state index in [0.717, 1.165) is 0 Å². The van der Waals surface area contributed by atoms with Crippen molar-refractivity contribution >= 4 is 39.3 Å². The van der Waals surface area contributed by atoms with E-state index in [1.807, 2.05) is 6.07 Å². The molecule has 2 aromatic rings. The molecule has 21 heavy (non-hydrogen) atoms. The Hall–Kier alpha value is -2.34. The predicted molar refractivity (Wildman–Crippen MR) is 83.6 cm³/mol. The number of aliphatic carboxylic acids is 1. The van der Waals surface area contributed by atoms with Crippen LogP contribution in [0.4, 0.5) is 16.2 Å². The minimum absolute atomic E-state index is 0.115. The summed E-state index contributed by atoms with van der Waals surface area (Å²) >= 11 is 3.38. The Morgan fingerprint density at radius 2 is 1.86 bits per heavy atom. The number of amides is 2. The van der Waals surface area contributed by atoms with Crippen molar-refractivity contribution in [1.82, 2.24) is 0 Å². The molecule has 0 atom stereocenters. The summed E-state index contributed by atoms with van der Waals surface area (Å²) in [4.78, 5) is 23.9. The second kappa shape index (κ2) is 6.41. The maximum absolute atomic E-state index is 11.8. The highest BCUT2D eigenvalue weighted by atomic mass is 79.9. The number of halogens is 1. The number of carbonyl (C=O) groups is 2. The van der Waals surface area contributed by atoms with Gasteiger partial charge in [0, 0.05) is 4.47 Å². The lowest BCUT2D eigenvalue weighted by Gasteiger charge is -2.22. The van der Waals surface area contributed by atoms with Crippen LogP contribution in [0.1, 0.15) is 5.56 Å². The first kappa shape index (κ1) is 15.1. The van der Waals surface area contributed by atoms with Crippen molar-refractivity contribution in [2.45, 2.75) is 6.42 Å². The molecule has 3 N–H and O–H groups in total. The Morgan fingerprint density at radius 1 is 1.14 bits per heavy atom. The molecule has 0 heterocycles. The predicted octanol–water partition coefficient (Wildman–Crippen LogP) is 3.29. The molecule has 2 rings (SSSR count). The highest BCUT2D eigenvalue weighted by Gasteiger charge is 2.17. The normalized spacial score (nSPS) is 10.1. The van der Waals surface area contributed by atoms with Crippen LogP contribution in [0.25, 0.3) is 0 Å². The molecule has 0 unspecified atom stereocenters. The molecule has 0 fully saturated rings. The van der Waals surface area contributed by atoms with E-state index in [0.29, 0.717) is 21.4 Å². The van der Waals surface area contributed by atoms with Crippen LogP contribution in [0.5, 0.6) is 0 Å². The Morgan fingerprint density at radius 3 is 2.48 bits per heavy atom. The first-order valence-electron chi connectivity index (χ1n) is 6.14. The Balaban J connectivity index is 2.47. The fourth-order valence-electron chi connectivity index (χ4n) is 2.00. The van der Waals surface area contributed by atoms with E-state index in [4.69, 9.17) is 10.8 Å². The lowest BCUT2D eigenvalue weighted by Crippen LogP contribution is -2.31. The van der Waals surface area contributed by atoms with Crippen LogP contribution in [0.3, 0.4) is 0 Å². The molecule has 0 aliphatic rings. The first-order chi connectivity index (χ1) is 9.99. The summed E-state index contributed by atoms with van der Waals surface area (Å²) in [6, 6.07) is 13.2. The molecule has 2 amide bonds. The van der Waals surface area contributed by atoms with Crippen molar-refractivity contribution in [3.8, 4) is 0 Å². The Bertz CT molecular complexity index is 688. The van der Waals surface area contributed by atoms with Gasteiger partial charge in [0.25, 0.3) is 0 Å². The van der Waals surface area contributed by atoms with Gasteiger partial charge in [-0.15, -0.1) is 0 Å². The fourth-order valence-corrected chi connectivity index (χ4v) is 2.46. The monoisotopic (exact) mass is 348 g/mol. The van der Waals surface area contributed by atoms with Crippen LogP contribution in [0, 0.1) is 0 Å². The van der Waals surface area contributed by atoms with E-state index in [-0.39, 0.29) is 6.42 Å². The van der Waals surface area contributed by atoms with Crippen LogP contribution < -0.4 is 10.6 Å². The summed E-state index contributed by atoms with van der Waals surface area (Å²) in [5.74, 6) is -0.932. The number of rotatable bonds is 4. The van der Waals surface area contributed by atoms with Gasteiger partial charge in [-0.25, -0.2) is 4.79 Å². The zero-order valence-corrected chi connectivity index (χ0v) is 12.6. The van der Waals surface area contributed by atoms with Crippen LogP contribution in [-0.2, 0) is 11.2 Å². The van der Waals surface area contributed by atoms with E-state index in [1.54, 1.807) is 42.5 Å². The van der Waals surface area contributed by atoms with Gasteiger partial charge in [-0.2, -0.15) is 0 Å². The number of anilines is 2. The number of hydrogen-bond donors (Lipinski definition) is 2. The molecular weight excluding hydrogens is 336 g/mol. The van der Waals surface area contributed by atoms with Crippen molar-refractivity contribution in [1.29, 1.82) is 0 Å². The van der Waals surface area contributed by atoms with Gasteiger partial charge >= 0.3 is 12.0 Å². The number of urea groups is 1. The minimum atomic E-state index is -0.932. The molecule has 0 aliphatic heterocycles. The van der Waals surface area contributed by atoms with E-state index < -0.39 is 12.0 Å². The second-order valence-corrected chi connectivity index (χ2v) is 5.22. The van der Waals surface area contributed by atoms with E-state index >= 15 is 0 Å². The number of para-hydroxylation sites is 1. The molecule has 6 heteroatoms. The third-order valence-corrected chi connectivity index (χ3v) is 3.51. The standard InChI is InChI=1S/C15H13BrN2O3/c16-12-6-1-2-7-13(12)18(15(17)21)11-5-3-4-10(8-11)9-14(19)20/h1-8H,9H2,(H2,17,21)(H,19,20). The largest absolute Gasteiger partial charge is 0.481 e. The van der Waals surface area contributed by atoms with Gasteiger partial charge in [0.15, 0.2) is 0 Å². The summed E-state index contributed by atoms with van der Waals surface area (Å²) < 4.78 is 0.715. The average Bonchev–Trinajstić information content (AvgIpc) is 2.40. The number of carbonyl (C=O) groups excluding carboxylic acids is 1. The molecule has 0 bridgehead atoms. The van der Waals surface area contributed by atoms with Crippen molar-refractivity contribution in [3.63, 3.8) is 0 Å². The van der Waals surface area contributed by atoms with Crippen molar-refractivity contribution in [2.24, 2.45) is 5.73 Å². The summed E-state index contributed by atoms with van der Waals surface area (Å²) in [6.07, 6.45) is -0.115. The van der Waals surface area contributed by atoms with Crippen molar-refractivity contribution < 1.29 is 14.7 Å². The zero-order chi connectivity index (χ0) is 15.4. The molecule has 0 radical (unpaired) electrons. The van der Waals surface area contributed by atoms with E-state index in [2.05, 4.69) is 15.9 Å². The average molecular weight is 349 g/mol. The molecule has 2 aromatic carbocycles. The Kier molecular flexibility index (Phi) is 4.59. The lowest BCUT2D eigenvalue weighted by atomic mass is 10.1. The van der Waals surface area contributed by atoms with Gasteiger partial charge in [0.1, 0.15) is 0 Å². The number of nitrogens with zero attached hydrogens (tertiary/aromatic N) is 1. The molecule has 108 valence electrons. The van der Waals surface area contributed by atoms with Gasteiger partial charge in [-0.05, 0) is 45.8 Å². The number of carboxylic acid groups (broad SMARTS) is 1. The van der Waals surface area contributed by atoms with Crippen molar-refractivity contribution in [2.75, 3.05) is 4.90 Å².